The van der Waals surface area contributed by atoms with Crippen molar-refractivity contribution in [2.24, 2.45) is 0 Å². The summed E-state index contributed by atoms with van der Waals surface area (Å²) < 4.78 is 2.41. The Hall–Kier alpha value is -7.42. The molecule has 0 aliphatic heterocycles. The summed E-state index contributed by atoms with van der Waals surface area (Å²) in [5.74, 6) is 0. The Morgan fingerprint density at radius 2 is 0.857 bits per heavy atom. The first-order chi connectivity index (χ1) is 27.8. The number of para-hydroxylation sites is 1. The van der Waals surface area contributed by atoms with Gasteiger partial charge in [0, 0.05) is 33.2 Å². The third kappa shape index (κ3) is 5.26. The van der Waals surface area contributed by atoms with Crippen LogP contribution in [0.1, 0.15) is 0 Å². The molecule has 0 saturated carbocycles. The van der Waals surface area contributed by atoms with E-state index in [1.807, 2.05) is 0 Å². The lowest BCUT2D eigenvalue weighted by atomic mass is 9.93. The second-order valence-electron chi connectivity index (χ2n) is 14.5. The highest BCUT2D eigenvalue weighted by atomic mass is 15.1. The average molecular weight is 713 g/mol. The van der Waals surface area contributed by atoms with E-state index >= 15 is 0 Å². The molecule has 10 aromatic carbocycles. The topological polar surface area (TPSA) is 8.17 Å². The molecule has 0 N–H and O–H groups in total. The van der Waals surface area contributed by atoms with Crippen LogP contribution in [-0.2, 0) is 0 Å². The van der Waals surface area contributed by atoms with Crippen LogP contribution in [0.5, 0.6) is 0 Å². The van der Waals surface area contributed by atoms with Gasteiger partial charge < -0.3 is 9.47 Å². The summed E-state index contributed by atoms with van der Waals surface area (Å²) in [5, 5.41) is 9.95. The Morgan fingerprint density at radius 3 is 1.62 bits per heavy atom. The number of aromatic nitrogens is 1. The van der Waals surface area contributed by atoms with Crippen molar-refractivity contribution >= 4 is 71.2 Å². The summed E-state index contributed by atoms with van der Waals surface area (Å²) in [6, 6.07) is 79.5. The molecule has 0 radical (unpaired) electrons. The Bertz CT molecular complexity index is 3220. The van der Waals surface area contributed by atoms with E-state index in [-0.39, 0.29) is 0 Å². The second kappa shape index (κ2) is 13.2. The number of nitrogens with zero attached hydrogens (tertiary/aromatic N) is 2. The van der Waals surface area contributed by atoms with E-state index in [0.717, 1.165) is 22.7 Å². The lowest BCUT2D eigenvalue weighted by molar-refractivity contribution is 1.18. The van der Waals surface area contributed by atoms with Gasteiger partial charge in [-0.3, -0.25) is 0 Å². The highest BCUT2D eigenvalue weighted by Gasteiger charge is 2.19. The van der Waals surface area contributed by atoms with Crippen LogP contribution in [0.2, 0.25) is 0 Å². The number of hydrogen-bond donors (Lipinski definition) is 0. The molecule has 11 aromatic rings. The molecule has 0 saturated heterocycles. The van der Waals surface area contributed by atoms with Crippen molar-refractivity contribution in [1.82, 2.24) is 4.57 Å². The van der Waals surface area contributed by atoms with E-state index < -0.39 is 0 Å². The van der Waals surface area contributed by atoms with Gasteiger partial charge in [-0.25, -0.2) is 0 Å². The third-order valence-corrected chi connectivity index (χ3v) is 11.4. The smallest absolute Gasteiger partial charge is 0.0547 e. The Kier molecular flexibility index (Phi) is 7.53. The van der Waals surface area contributed by atoms with Crippen LogP contribution in [0.25, 0.3) is 82.1 Å². The largest absolute Gasteiger partial charge is 0.310 e. The van der Waals surface area contributed by atoms with Crippen molar-refractivity contribution in [2.75, 3.05) is 4.90 Å². The molecule has 0 fully saturated rings. The van der Waals surface area contributed by atoms with Gasteiger partial charge in [-0.2, -0.15) is 0 Å². The molecule has 1 aromatic heterocycles. The van der Waals surface area contributed by atoms with Crippen molar-refractivity contribution in [2.45, 2.75) is 0 Å². The first-order valence-electron chi connectivity index (χ1n) is 19.3. The van der Waals surface area contributed by atoms with Crippen LogP contribution in [0.3, 0.4) is 0 Å². The van der Waals surface area contributed by atoms with Gasteiger partial charge in [0.15, 0.2) is 0 Å². The maximum absolute atomic E-state index is 2.41. The van der Waals surface area contributed by atoms with Gasteiger partial charge in [-0.15, -0.1) is 0 Å². The molecular weight excluding hydrogens is 677 g/mol. The molecule has 0 amide bonds. The van der Waals surface area contributed by atoms with Crippen molar-refractivity contribution in [1.29, 1.82) is 0 Å². The van der Waals surface area contributed by atoms with E-state index in [2.05, 4.69) is 228 Å². The van der Waals surface area contributed by atoms with Gasteiger partial charge in [0.25, 0.3) is 0 Å². The van der Waals surface area contributed by atoms with Crippen LogP contribution in [0.4, 0.5) is 17.1 Å². The van der Waals surface area contributed by atoms with Crippen molar-refractivity contribution in [3.05, 3.63) is 218 Å². The van der Waals surface area contributed by atoms with E-state index in [9.17, 15) is 0 Å². The third-order valence-electron chi connectivity index (χ3n) is 11.4. The highest BCUT2D eigenvalue weighted by molar-refractivity contribution is 6.14. The minimum atomic E-state index is 1.09. The standard InChI is InChI=1S/C54H36N2/c1-2-13-37(14-3-1)38-25-27-42(28-26-38)55(53-34-33-48(47-20-8-9-21-49(47)53)46-23-12-18-39-15-6-7-19-45(39)46)43-29-31-44(32-30-43)56-52-24-11-10-22-50(52)51-35-40-16-4-5-17-41(40)36-54(51)56/h1-36H. The van der Waals surface area contributed by atoms with Crippen LogP contribution < -0.4 is 4.90 Å². The van der Waals surface area contributed by atoms with Crippen LogP contribution in [0, 0.1) is 0 Å². The minimum Gasteiger partial charge on any atom is -0.310 e. The molecule has 56 heavy (non-hydrogen) atoms. The normalized spacial score (nSPS) is 11.6. The van der Waals surface area contributed by atoms with Gasteiger partial charge >= 0.3 is 0 Å². The van der Waals surface area contributed by atoms with E-state index in [4.69, 9.17) is 0 Å². The van der Waals surface area contributed by atoms with Gasteiger partial charge in [-0.1, -0.05) is 158 Å². The van der Waals surface area contributed by atoms with Crippen molar-refractivity contribution in [3.8, 4) is 27.9 Å². The predicted molar refractivity (Wildman–Crippen MR) is 239 cm³/mol. The number of fused-ring (bicyclic) bond motifs is 6. The molecule has 0 bridgehead atoms. The summed E-state index contributed by atoms with van der Waals surface area (Å²) in [5.41, 5.74) is 11.7. The van der Waals surface area contributed by atoms with Gasteiger partial charge in [0.2, 0.25) is 0 Å². The van der Waals surface area contributed by atoms with Crippen LogP contribution in [0.15, 0.2) is 218 Å². The lowest BCUT2D eigenvalue weighted by Gasteiger charge is -2.28. The molecule has 262 valence electrons. The highest BCUT2D eigenvalue weighted by Crippen LogP contribution is 2.44. The molecule has 0 spiro atoms. The average Bonchev–Trinajstić information content (AvgIpc) is 3.59. The lowest BCUT2D eigenvalue weighted by Crippen LogP contribution is -2.11. The summed E-state index contributed by atoms with van der Waals surface area (Å²) in [6.07, 6.45) is 0. The molecule has 1 heterocycles. The Morgan fingerprint density at radius 1 is 0.304 bits per heavy atom. The zero-order valence-electron chi connectivity index (χ0n) is 30.7. The predicted octanol–water partition coefficient (Wildman–Crippen LogP) is 15.0. The van der Waals surface area contributed by atoms with Gasteiger partial charge in [-0.05, 0) is 110 Å². The maximum Gasteiger partial charge on any atom is 0.0547 e. The monoisotopic (exact) mass is 712 g/mol. The second-order valence-corrected chi connectivity index (χ2v) is 14.5. The number of rotatable bonds is 6. The SMILES string of the molecule is c1ccc(-c2ccc(N(c3ccc(-n4c5ccccc5c5cc6ccccc6cc54)cc3)c3ccc(-c4cccc5ccccc45)c4ccccc34)cc2)cc1. The Balaban J connectivity index is 1.09. The Labute approximate surface area is 325 Å². The van der Waals surface area contributed by atoms with E-state index in [1.165, 1.54) is 76.4 Å². The molecule has 2 heteroatoms. The molecule has 2 nitrogen and oxygen atoms in total. The molecule has 0 aliphatic carbocycles. The quantitative estimate of drug-likeness (QED) is 0.167. The summed E-state index contributed by atoms with van der Waals surface area (Å²) in [7, 11) is 0. The first-order valence-corrected chi connectivity index (χ1v) is 19.3. The van der Waals surface area contributed by atoms with E-state index in [1.54, 1.807) is 0 Å². The van der Waals surface area contributed by atoms with Crippen molar-refractivity contribution < 1.29 is 0 Å². The van der Waals surface area contributed by atoms with Gasteiger partial charge in [0.05, 0.1) is 16.7 Å². The summed E-state index contributed by atoms with van der Waals surface area (Å²) >= 11 is 0. The fourth-order valence-corrected chi connectivity index (χ4v) is 8.72. The van der Waals surface area contributed by atoms with Gasteiger partial charge in [0.1, 0.15) is 0 Å². The molecule has 0 atom stereocenters. The number of anilines is 3. The van der Waals surface area contributed by atoms with Crippen LogP contribution >= 0.6 is 0 Å². The maximum atomic E-state index is 2.41. The summed E-state index contributed by atoms with van der Waals surface area (Å²) in [6.45, 7) is 0. The van der Waals surface area contributed by atoms with Crippen LogP contribution in [-0.4, -0.2) is 4.57 Å². The molecule has 11 rings (SSSR count). The first kappa shape index (κ1) is 32.0. The zero-order chi connectivity index (χ0) is 37.0. The zero-order valence-corrected chi connectivity index (χ0v) is 30.7. The number of benzene rings is 10. The molecule has 0 aliphatic rings. The summed E-state index contributed by atoms with van der Waals surface area (Å²) in [4.78, 5) is 2.41. The number of hydrogen-bond acceptors (Lipinski definition) is 1. The van der Waals surface area contributed by atoms with E-state index in [0.29, 0.717) is 0 Å². The molecule has 0 unspecified atom stereocenters. The fraction of sp³-hybridized carbons (Fsp3) is 0. The fourth-order valence-electron chi connectivity index (χ4n) is 8.72. The minimum absolute atomic E-state index is 1.09. The van der Waals surface area contributed by atoms with Crippen molar-refractivity contribution in [3.63, 3.8) is 0 Å². The molecular formula is C54H36N2.